The van der Waals surface area contributed by atoms with Crippen molar-refractivity contribution in [3.05, 3.63) is 0 Å². The van der Waals surface area contributed by atoms with Crippen LogP contribution in [0, 0.1) is 17.3 Å². The average molecular weight is 332 g/mol. The van der Waals surface area contributed by atoms with Crippen molar-refractivity contribution in [2.24, 2.45) is 17.3 Å². The molecule has 0 amide bonds. The Morgan fingerprint density at radius 1 is 1.11 bits per heavy atom. The quantitative estimate of drug-likeness (QED) is 0.543. The molecule has 0 spiro atoms. The first-order chi connectivity index (χ1) is 9.06. The molecule has 1 heterocycles. The van der Waals surface area contributed by atoms with Crippen LogP contribution in [-0.2, 0) is 0 Å². The molecule has 1 aliphatic rings. The first-order valence-corrected chi connectivity index (χ1v) is 9.47. The molecule has 2 heteroatoms. The lowest BCUT2D eigenvalue weighted by Gasteiger charge is -2.41. The molecule has 0 aromatic carbocycles. The molecule has 0 atom stereocenters. The molecule has 0 aromatic heterocycles. The highest BCUT2D eigenvalue weighted by Crippen LogP contribution is 2.35. The van der Waals surface area contributed by atoms with Crippen molar-refractivity contribution in [3.8, 4) is 0 Å². The summed E-state index contributed by atoms with van der Waals surface area (Å²) in [7, 11) is 0. The first-order valence-electron chi connectivity index (χ1n) is 8.35. The number of alkyl halides is 1. The van der Waals surface area contributed by atoms with Gasteiger partial charge in [-0.3, -0.25) is 0 Å². The zero-order valence-corrected chi connectivity index (χ0v) is 15.1. The maximum absolute atomic E-state index is 3.81. The maximum atomic E-state index is 3.81. The van der Waals surface area contributed by atoms with E-state index in [1.165, 1.54) is 63.5 Å². The van der Waals surface area contributed by atoms with Gasteiger partial charge in [0.25, 0.3) is 0 Å². The molecule has 1 saturated heterocycles. The van der Waals surface area contributed by atoms with Crippen molar-refractivity contribution >= 4 is 15.9 Å². The smallest absolute Gasteiger partial charge is 0.0100 e. The standard InChI is InChI=1S/C17H34BrN/c1-5-9-17(13-18,10-6-2)14-19-11-7-16(8-12-19)15(3)4/h15-16H,5-14H2,1-4H3. The summed E-state index contributed by atoms with van der Waals surface area (Å²) in [6, 6.07) is 0. The lowest BCUT2D eigenvalue weighted by molar-refractivity contribution is 0.0976. The van der Waals surface area contributed by atoms with E-state index in [4.69, 9.17) is 0 Å². The normalized spacial score (nSPS) is 19.3. The van der Waals surface area contributed by atoms with E-state index >= 15 is 0 Å². The monoisotopic (exact) mass is 331 g/mol. The Hall–Kier alpha value is 0.440. The fourth-order valence-corrected chi connectivity index (χ4v) is 4.51. The molecule has 0 radical (unpaired) electrons. The van der Waals surface area contributed by atoms with Crippen LogP contribution < -0.4 is 0 Å². The minimum absolute atomic E-state index is 0.522. The Balaban J connectivity index is 2.51. The number of rotatable bonds is 8. The van der Waals surface area contributed by atoms with Gasteiger partial charge < -0.3 is 4.90 Å². The lowest BCUT2D eigenvalue weighted by Crippen LogP contribution is -2.43. The summed E-state index contributed by atoms with van der Waals surface area (Å²) in [5.41, 5.74) is 0.522. The molecule has 114 valence electrons. The second-order valence-electron chi connectivity index (χ2n) is 6.99. The van der Waals surface area contributed by atoms with Gasteiger partial charge in [-0.2, -0.15) is 0 Å². The fraction of sp³-hybridized carbons (Fsp3) is 1.00. The molecule has 1 aliphatic heterocycles. The molecule has 0 aliphatic carbocycles. The van der Waals surface area contributed by atoms with Crippen molar-refractivity contribution in [2.45, 2.75) is 66.2 Å². The molecule has 1 rings (SSSR count). The summed E-state index contributed by atoms with van der Waals surface area (Å²) in [6.45, 7) is 13.4. The van der Waals surface area contributed by atoms with Crippen LogP contribution in [0.15, 0.2) is 0 Å². The van der Waals surface area contributed by atoms with E-state index in [9.17, 15) is 0 Å². The van der Waals surface area contributed by atoms with E-state index in [2.05, 4.69) is 48.5 Å². The van der Waals surface area contributed by atoms with Gasteiger partial charge in [-0.1, -0.05) is 56.5 Å². The van der Waals surface area contributed by atoms with E-state index < -0.39 is 0 Å². The summed E-state index contributed by atoms with van der Waals surface area (Å²) in [5, 5.41) is 1.17. The molecule has 0 saturated carbocycles. The Labute approximate surface area is 129 Å². The number of hydrogen-bond acceptors (Lipinski definition) is 1. The number of piperidine rings is 1. The van der Waals surface area contributed by atoms with E-state index in [-0.39, 0.29) is 0 Å². The summed E-state index contributed by atoms with van der Waals surface area (Å²) < 4.78 is 0. The Morgan fingerprint density at radius 2 is 1.63 bits per heavy atom. The van der Waals surface area contributed by atoms with Crippen LogP contribution in [0.25, 0.3) is 0 Å². The third-order valence-electron chi connectivity index (χ3n) is 4.98. The van der Waals surface area contributed by atoms with E-state index in [1.807, 2.05) is 0 Å². The van der Waals surface area contributed by atoms with Crippen molar-refractivity contribution in [1.29, 1.82) is 0 Å². The van der Waals surface area contributed by atoms with Crippen molar-refractivity contribution in [3.63, 3.8) is 0 Å². The predicted molar refractivity (Wildman–Crippen MR) is 90.0 cm³/mol. The summed E-state index contributed by atoms with van der Waals surface area (Å²) in [4.78, 5) is 2.74. The van der Waals surface area contributed by atoms with E-state index in [0.717, 1.165) is 11.8 Å². The van der Waals surface area contributed by atoms with Gasteiger partial charge in [0.1, 0.15) is 0 Å². The van der Waals surface area contributed by atoms with Crippen LogP contribution in [0.1, 0.15) is 66.2 Å². The van der Waals surface area contributed by atoms with Crippen molar-refractivity contribution in [1.82, 2.24) is 4.90 Å². The molecular weight excluding hydrogens is 298 g/mol. The molecule has 0 unspecified atom stereocenters. The van der Waals surface area contributed by atoms with Gasteiger partial charge >= 0.3 is 0 Å². The van der Waals surface area contributed by atoms with Gasteiger partial charge in [0.2, 0.25) is 0 Å². The molecule has 0 N–H and O–H groups in total. The minimum atomic E-state index is 0.522. The van der Waals surface area contributed by atoms with Crippen LogP contribution in [0.3, 0.4) is 0 Å². The molecule has 1 fully saturated rings. The zero-order valence-electron chi connectivity index (χ0n) is 13.6. The third kappa shape index (κ3) is 5.38. The third-order valence-corrected chi connectivity index (χ3v) is 6.17. The largest absolute Gasteiger partial charge is 0.303 e. The molecule has 1 nitrogen and oxygen atoms in total. The topological polar surface area (TPSA) is 3.24 Å². The van der Waals surface area contributed by atoms with E-state index in [1.54, 1.807) is 0 Å². The van der Waals surface area contributed by atoms with Gasteiger partial charge in [-0.15, -0.1) is 0 Å². The van der Waals surface area contributed by atoms with Crippen LogP contribution >= 0.6 is 15.9 Å². The predicted octanol–water partition coefficient (Wildman–Crippen LogP) is 5.34. The molecular formula is C17H34BrN. The summed E-state index contributed by atoms with van der Waals surface area (Å²) >= 11 is 3.81. The average Bonchev–Trinajstić information content (AvgIpc) is 2.40. The van der Waals surface area contributed by atoms with Crippen LogP contribution in [0.2, 0.25) is 0 Å². The first kappa shape index (κ1) is 17.5. The van der Waals surface area contributed by atoms with Crippen LogP contribution in [-0.4, -0.2) is 29.9 Å². The Morgan fingerprint density at radius 3 is 2.00 bits per heavy atom. The molecule has 0 bridgehead atoms. The van der Waals surface area contributed by atoms with Gasteiger partial charge in [-0.25, -0.2) is 0 Å². The fourth-order valence-electron chi connectivity index (χ4n) is 3.77. The second kappa shape index (κ2) is 8.67. The van der Waals surface area contributed by atoms with Crippen molar-refractivity contribution < 1.29 is 0 Å². The van der Waals surface area contributed by atoms with E-state index in [0.29, 0.717) is 5.41 Å². The second-order valence-corrected chi connectivity index (χ2v) is 7.55. The number of nitrogens with zero attached hydrogens (tertiary/aromatic N) is 1. The lowest BCUT2D eigenvalue weighted by atomic mass is 9.79. The summed E-state index contributed by atoms with van der Waals surface area (Å²) in [5.74, 6) is 1.83. The van der Waals surface area contributed by atoms with Gasteiger partial charge in [0.15, 0.2) is 0 Å². The Kier molecular flexibility index (Phi) is 7.98. The highest BCUT2D eigenvalue weighted by Gasteiger charge is 2.31. The number of likely N-dealkylation sites (tertiary alicyclic amines) is 1. The minimum Gasteiger partial charge on any atom is -0.303 e. The molecule has 19 heavy (non-hydrogen) atoms. The Bertz CT molecular complexity index is 225. The van der Waals surface area contributed by atoms with Gasteiger partial charge in [0, 0.05) is 11.9 Å². The van der Waals surface area contributed by atoms with Gasteiger partial charge in [0.05, 0.1) is 0 Å². The SMILES string of the molecule is CCCC(CBr)(CCC)CN1CCC(C(C)C)CC1. The highest BCUT2D eigenvalue weighted by molar-refractivity contribution is 9.09. The summed E-state index contributed by atoms with van der Waals surface area (Å²) in [6.07, 6.45) is 8.19. The number of halogens is 1. The highest BCUT2D eigenvalue weighted by atomic mass is 79.9. The maximum Gasteiger partial charge on any atom is 0.0100 e. The molecule has 0 aromatic rings. The van der Waals surface area contributed by atoms with Crippen molar-refractivity contribution in [2.75, 3.05) is 25.0 Å². The van der Waals surface area contributed by atoms with Crippen LogP contribution in [0.5, 0.6) is 0 Å². The zero-order chi connectivity index (χ0) is 14.3. The van der Waals surface area contributed by atoms with Gasteiger partial charge in [-0.05, 0) is 56.0 Å². The van der Waals surface area contributed by atoms with Crippen LogP contribution in [0.4, 0.5) is 0 Å². The number of hydrogen-bond donors (Lipinski definition) is 0.